The number of alkyl halides is 6. The Balaban J connectivity index is 2.52. The fourth-order valence-electron chi connectivity index (χ4n) is 4.97. The molecule has 6 heteroatoms. The zero-order chi connectivity index (χ0) is 18.9. The lowest BCUT2D eigenvalue weighted by molar-refractivity contribution is -0.378. The van der Waals surface area contributed by atoms with Crippen molar-refractivity contribution in [3.05, 3.63) is 11.6 Å². The summed E-state index contributed by atoms with van der Waals surface area (Å²) in [5, 5.41) is 0. The molecule has 0 bridgehead atoms. The predicted molar refractivity (Wildman–Crippen MR) is 86.0 cm³/mol. The van der Waals surface area contributed by atoms with E-state index < -0.39 is 29.6 Å². The minimum Gasteiger partial charge on any atom is -0.170 e. The predicted octanol–water partition coefficient (Wildman–Crippen LogP) is 7.45. The van der Waals surface area contributed by atoms with E-state index in [9.17, 15) is 26.3 Å². The van der Waals surface area contributed by atoms with Crippen LogP contribution in [0.1, 0.15) is 71.6 Å². The Morgan fingerprint density at radius 1 is 0.800 bits per heavy atom. The second-order valence-corrected chi connectivity index (χ2v) is 8.05. The normalized spacial score (nSPS) is 30.4. The van der Waals surface area contributed by atoms with Gasteiger partial charge in [-0.1, -0.05) is 37.8 Å². The average Bonchev–Trinajstić information content (AvgIpc) is 2.79. The first-order chi connectivity index (χ1) is 11.5. The Kier molecular flexibility index (Phi) is 6.20. The van der Waals surface area contributed by atoms with Crippen LogP contribution in [0.4, 0.5) is 26.3 Å². The molecule has 146 valence electrons. The van der Waals surface area contributed by atoms with Gasteiger partial charge < -0.3 is 0 Å². The van der Waals surface area contributed by atoms with Crippen molar-refractivity contribution in [1.29, 1.82) is 0 Å². The Bertz CT molecular complexity index is 459. The quantitative estimate of drug-likeness (QED) is 0.269. The molecule has 0 aromatic heterocycles. The highest BCUT2D eigenvalue weighted by atomic mass is 19.4. The minimum atomic E-state index is -5.28. The van der Waals surface area contributed by atoms with Crippen LogP contribution in [0.25, 0.3) is 0 Å². The second kappa shape index (κ2) is 7.51. The molecule has 0 spiro atoms. The Labute approximate surface area is 146 Å². The third-order valence-electron chi connectivity index (χ3n) is 6.36. The molecule has 0 heterocycles. The van der Waals surface area contributed by atoms with E-state index in [0.29, 0.717) is 32.1 Å². The zero-order valence-electron chi connectivity index (χ0n) is 14.9. The number of allylic oxidation sites excluding steroid dienone is 2. The van der Waals surface area contributed by atoms with E-state index in [1.165, 1.54) is 0 Å². The second-order valence-electron chi connectivity index (χ2n) is 8.05. The average molecular weight is 370 g/mol. The highest BCUT2D eigenvalue weighted by Gasteiger charge is 2.75. The van der Waals surface area contributed by atoms with Gasteiger partial charge in [0.15, 0.2) is 5.41 Å². The largest absolute Gasteiger partial charge is 0.403 e. The molecule has 0 amide bonds. The van der Waals surface area contributed by atoms with Crippen LogP contribution in [0.5, 0.6) is 0 Å². The molecule has 1 saturated carbocycles. The maximum absolute atomic E-state index is 14.2. The molecule has 2 aliphatic carbocycles. The number of halogens is 6. The van der Waals surface area contributed by atoms with E-state index in [4.69, 9.17) is 0 Å². The van der Waals surface area contributed by atoms with Crippen molar-refractivity contribution in [2.45, 2.75) is 84.0 Å². The highest BCUT2D eigenvalue weighted by Crippen LogP contribution is 2.64. The summed E-state index contributed by atoms with van der Waals surface area (Å²) in [6.07, 6.45) is -6.48. The van der Waals surface area contributed by atoms with Crippen molar-refractivity contribution < 1.29 is 26.3 Å². The molecule has 0 radical (unpaired) electrons. The third kappa shape index (κ3) is 4.02. The molecule has 25 heavy (non-hydrogen) atoms. The van der Waals surface area contributed by atoms with Gasteiger partial charge in [-0.15, -0.1) is 0 Å². The smallest absolute Gasteiger partial charge is 0.170 e. The molecule has 0 saturated heterocycles. The molecule has 0 aromatic rings. The van der Waals surface area contributed by atoms with Gasteiger partial charge in [-0.05, 0) is 63.2 Å². The van der Waals surface area contributed by atoms with E-state index in [1.54, 1.807) is 13.0 Å². The Morgan fingerprint density at radius 2 is 1.40 bits per heavy atom. The third-order valence-corrected chi connectivity index (χ3v) is 6.36. The fourth-order valence-corrected chi connectivity index (χ4v) is 4.97. The molecular weight excluding hydrogens is 342 g/mol. The summed E-state index contributed by atoms with van der Waals surface area (Å²) in [5.41, 5.74) is -2.68. The monoisotopic (exact) mass is 370 g/mol. The number of hydrogen-bond donors (Lipinski definition) is 0. The summed E-state index contributed by atoms with van der Waals surface area (Å²) in [5.74, 6) is -2.59. The summed E-state index contributed by atoms with van der Waals surface area (Å²) in [7, 11) is 0. The maximum Gasteiger partial charge on any atom is 0.403 e. The summed E-state index contributed by atoms with van der Waals surface area (Å²) in [4.78, 5) is 0. The molecule has 3 unspecified atom stereocenters. The Morgan fingerprint density at radius 3 is 2.00 bits per heavy atom. The van der Waals surface area contributed by atoms with Gasteiger partial charge in [0.05, 0.1) is 0 Å². The van der Waals surface area contributed by atoms with E-state index >= 15 is 0 Å². The SMILES string of the molecule is CC1=CCC(C(C2CCCC(C)CC2)(C(F)(F)F)C(F)(F)F)CCC1. The Hall–Kier alpha value is -0.680. The molecule has 2 rings (SSSR count). The minimum absolute atomic E-state index is 0.0133. The van der Waals surface area contributed by atoms with E-state index in [1.807, 2.05) is 6.92 Å². The lowest BCUT2D eigenvalue weighted by Crippen LogP contribution is -2.59. The summed E-state index contributed by atoms with van der Waals surface area (Å²) >= 11 is 0. The summed E-state index contributed by atoms with van der Waals surface area (Å²) in [6, 6.07) is 0. The molecule has 2 aliphatic rings. The van der Waals surface area contributed by atoms with Crippen LogP contribution in [-0.2, 0) is 0 Å². The molecule has 0 aromatic carbocycles. The molecule has 3 atom stereocenters. The van der Waals surface area contributed by atoms with Gasteiger partial charge in [-0.25, -0.2) is 0 Å². The van der Waals surface area contributed by atoms with Crippen molar-refractivity contribution in [3.63, 3.8) is 0 Å². The summed E-state index contributed by atoms with van der Waals surface area (Å²) < 4.78 is 85.0. The van der Waals surface area contributed by atoms with Gasteiger partial charge in [0.2, 0.25) is 0 Å². The van der Waals surface area contributed by atoms with Crippen LogP contribution >= 0.6 is 0 Å². The van der Waals surface area contributed by atoms with Crippen molar-refractivity contribution >= 4 is 0 Å². The topological polar surface area (TPSA) is 0 Å². The van der Waals surface area contributed by atoms with Crippen LogP contribution in [0.2, 0.25) is 0 Å². The van der Waals surface area contributed by atoms with Crippen molar-refractivity contribution in [3.8, 4) is 0 Å². The highest BCUT2D eigenvalue weighted by molar-refractivity contribution is 5.09. The van der Waals surface area contributed by atoms with Crippen molar-refractivity contribution in [1.82, 2.24) is 0 Å². The van der Waals surface area contributed by atoms with Gasteiger partial charge >= 0.3 is 12.4 Å². The van der Waals surface area contributed by atoms with Crippen molar-refractivity contribution in [2.24, 2.45) is 23.2 Å². The van der Waals surface area contributed by atoms with Crippen LogP contribution < -0.4 is 0 Å². The molecule has 0 N–H and O–H groups in total. The molecular formula is C19H28F6. The fraction of sp³-hybridized carbons (Fsp3) is 0.895. The summed E-state index contributed by atoms with van der Waals surface area (Å²) in [6.45, 7) is 3.71. The number of rotatable bonds is 2. The van der Waals surface area contributed by atoms with Gasteiger partial charge in [-0.3, -0.25) is 0 Å². The standard InChI is InChI=1S/C19H28F6/c1-13-5-3-7-15(11-9-13)17(18(20,21)22,19(23,24)25)16-8-4-6-14(2)10-12-16/h9,14-16H,3-8,10-12H2,1-2H3. The first-order valence-corrected chi connectivity index (χ1v) is 9.29. The molecule has 1 fully saturated rings. The van der Waals surface area contributed by atoms with Crippen LogP contribution in [0.15, 0.2) is 11.6 Å². The van der Waals surface area contributed by atoms with Crippen LogP contribution in [-0.4, -0.2) is 12.4 Å². The van der Waals surface area contributed by atoms with Gasteiger partial charge in [-0.2, -0.15) is 26.3 Å². The number of hydrogen-bond acceptors (Lipinski definition) is 0. The first-order valence-electron chi connectivity index (χ1n) is 9.29. The van der Waals surface area contributed by atoms with Crippen molar-refractivity contribution in [2.75, 3.05) is 0 Å². The van der Waals surface area contributed by atoms with E-state index in [2.05, 4.69) is 0 Å². The van der Waals surface area contributed by atoms with Gasteiger partial charge in [0, 0.05) is 0 Å². The van der Waals surface area contributed by atoms with Gasteiger partial charge in [0.25, 0.3) is 0 Å². The lowest BCUT2D eigenvalue weighted by atomic mass is 9.60. The molecule has 0 nitrogen and oxygen atoms in total. The van der Waals surface area contributed by atoms with Gasteiger partial charge in [0.1, 0.15) is 0 Å². The zero-order valence-corrected chi connectivity index (χ0v) is 14.9. The first kappa shape index (κ1) is 20.6. The maximum atomic E-state index is 14.2. The molecule has 0 aliphatic heterocycles. The van der Waals surface area contributed by atoms with E-state index in [-0.39, 0.29) is 31.6 Å². The lowest BCUT2D eigenvalue weighted by Gasteiger charge is -2.48. The van der Waals surface area contributed by atoms with Crippen LogP contribution in [0, 0.1) is 23.2 Å². The van der Waals surface area contributed by atoms with Crippen LogP contribution in [0.3, 0.4) is 0 Å². The van der Waals surface area contributed by atoms with E-state index in [0.717, 1.165) is 5.57 Å².